The molecule has 0 saturated heterocycles. The summed E-state index contributed by atoms with van der Waals surface area (Å²) < 4.78 is 0. The van der Waals surface area contributed by atoms with Crippen LogP contribution in [0.25, 0.3) is 0 Å². The van der Waals surface area contributed by atoms with Crippen LogP contribution >= 0.6 is 0 Å². The highest BCUT2D eigenvalue weighted by Gasteiger charge is 2.04. The Hall–Kier alpha value is -3.15. The predicted molar refractivity (Wildman–Crippen MR) is 103 cm³/mol. The highest BCUT2D eigenvalue weighted by Crippen LogP contribution is 2.20. The number of hydrogen-bond acceptors (Lipinski definition) is 6. The van der Waals surface area contributed by atoms with E-state index < -0.39 is 0 Å². The lowest BCUT2D eigenvalue weighted by molar-refractivity contribution is 0.982. The van der Waals surface area contributed by atoms with E-state index in [1.165, 1.54) is 11.1 Å². The van der Waals surface area contributed by atoms with Crippen molar-refractivity contribution in [3.05, 3.63) is 59.8 Å². The van der Waals surface area contributed by atoms with E-state index in [0.29, 0.717) is 11.8 Å². The summed E-state index contributed by atoms with van der Waals surface area (Å²) in [6.45, 7) is 4.16. The van der Waals surface area contributed by atoms with Gasteiger partial charge in [-0.1, -0.05) is 6.07 Å². The SMILES string of the molecule is Cc1ccc(Nc2nncc(Nc3ccc(N(C)C)cc3)n2)cc1C. The first-order chi connectivity index (χ1) is 12.0. The van der Waals surface area contributed by atoms with Crippen LogP contribution in [0.5, 0.6) is 0 Å². The van der Waals surface area contributed by atoms with Crippen molar-refractivity contribution in [3.63, 3.8) is 0 Å². The molecule has 0 unspecified atom stereocenters. The van der Waals surface area contributed by atoms with Gasteiger partial charge in [0.25, 0.3) is 0 Å². The van der Waals surface area contributed by atoms with Crippen LogP contribution in [0, 0.1) is 13.8 Å². The van der Waals surface area contributed by atoms with Gasteiger partial charge in [-0.15, -0.1) is 5.10 Å². The average molecular weight is 334 g/mol. The summed E-state index contributed by atoms with van der Waals surface area (Å²) >= 11 is 0. The molecular formula is C19H22N6. The van der Waals surface area contributed by atoms with Crippen molar-refractivity contribution in [2.75, 3.05) is 29.6 Å². The summed E-state index contributed by atoms with van der Waals surface area (Å²) in [7, 11) is 4.03. The third-order valence-electron chi connectivity index (χ3n) is 3.98. The zero-order chi connectivity index (χ0) is 17.8. The van der Waals surface area contributed by atoms with Crippen molar-refractivity contribution in [3.8, 4) is 0 Å². The molecule has 0 spiro atoms. The van der Waals surface area contributed by atoms with E-state index in [4.69, 9.17) is 0 Å². The molecule has 0 aliphatic carbocycles. The minimum atomic E-state index is 0.457. The lowest BCUT2D eigenvalue weighted by atomic mass is 10.1. The number of nitrogens with zero attached hydrogens (tertiary/aromatic N) is 4. The molecule has 0 aliphatic heterocycles. The fraction of sp³-hybridized carbons (Fsp3) is 0.211. The summed E-state index contributed by atoms with van der Waals surface area (Å²) in [5, 5.41) is 14.5. The topological polar surface area (TPSA) is 66.0 Å². The van der Waals surface area contributed by atoms with E-state index in [-0.39, 0.29) is 0 Å². The monoisotopic (exact) mass is 334 g/mol. The number of aryl methyl sites for hydroxylation is 2. The maximum Gasteiger partial charge on any atom is 0.249 e. The van der Waals surface area contributed by atoms with E-state index >= 15 is 0 Å². The predicted octanol–water partition coefficient (Wildman–Crippen LogP) is 4.04. The van der Waals surface area contributed by atoms with Crippen LogP contribution in [0.4, 0.5) is 28.8 Å². The molecule has 6 heteroatoms. The van der Waals surface area contributed by atoms with E-state index in [1.807, 2.05) is 44.4 Å². The average Bonchev–Trinajstić information content (AvgIpc) is 2.59. The molecule has 25 heavy (non-hydrogen) atoms. The molecule has 0 fully saturated rings. The fourth-order valence-corrected chi connectivity index (χ4v) is 2.36. The number of anilines is 5. The van der Waals surface area contributed by atoms with Gasteiger partial charge in [-0.25, -0.2) is 0 Å². The smallest absolute Gasteiger partial charge is 0.249 e. The number of nitrogens with one attached hydrogen (secondary N) is 2. The van der Waals surface area contributed by atoms with Crippen LogP contribution in [0.15, 0.2) is 48.7 Å². The second-order valence-corrected chi connectivity index (χ2v) is 6.16. The lowest BCUT2D eigenvalue weighted by Crippen LogP contribution is -2.08. The van der Waals surface area contributed by atoms with Crippen LogP contribution in [-0.4, -0.2) is 29.3 Å². The second kappa shape index (κ2) is 7.17. The van der Waals surface area contributed by atoms with Crippen molar-refractivity contribution in [2.45, 2.75) is 13.8 Å². The summed E-state index contributed by atoms with van der Waals surface area (Å²) in [5.41, 5.74) is 5.50. The maximum absolute atomic E-state index is 4.47. The van der Waals surface area contributed by atoms with Gasteiger partial charge in [0, 0.05) is 31.2 Å². The Balaban J connectivity index is 1.73. The van der Waals surface area contributed by atoms with Crippen molar-refractivity contribution in [1.29, 1.82) is 0 Å². The van der Waals surface area contributed by atoms with Crippen molar-refractivity contribution >= 4 is 28.8 Å². The molecule has 0 radical (unpaired) electrons. The van der Waals surface area contributed by atoms with Crippen molar-refractivity contribution < 1.29 is 0 Å². The van der Waals surface area contributed by atoms with Gasteiger partial charge < -0.3 is 15.5 Å². The molecule has 2 aromatic carbocycles. The molecule has 128 valence electrons. The molecular weight excluding hydrogens is 312 g/mol. The maximum atomic E-state index is 4.47. The Morgan fingerprint density at radius 3 is 2.24 bits per heavy atom. The van der Waals surface area contributed by atoms with Gasteiger partial charge in [0.05, 0.1) is 6.20 Å². The van der Waals surface area contributed by atoms with Crippen LogP contribution in [-0.2, 0) is 0 Å². The number of aromatic nitrogens is 3. The molecule has 1 aromatic heterocycles. The van der Waals surface area contributed by atoms with Gasteiger partial charge in [0.15, 0.2) is 5.82 Å². The van der Waals surface area contributed by atoms with Gasteiger partial charge in [-0.3, -0.25) is 0 Å². The second-order valence-electron chi connectivity index (χ2n) is 6.16. The third-order valence-corrected chi connectivity index (χ3v) is 3.98. The minimum Gasteiger partial charge on any atom is -0.378 e. The first kappa shape index (κ1) is 16.7. The molecule has 3 rings (SSSR count). The lowest BCUT2D eigenvalue weighted by Gasteiger charge is -2.13. The van der Waals surface area contributed by atoms with E-state index in [1.54, 1.807) is 6.20 Å². The largest absolute Gasteiger partial charge is 0.378 e. The first-order valence-corrected chi connectivity index (χ1v) is 8.10. The zero-order valence-corrected chi connectivity index (χ0v) is 14.9. The number of rotatable bonds is 5. The summed E-state index contributed by atoms with van der Waals surface area (Å²) in [4.78, 5) is 6.52. The Bertz CT molecular complexity index is 858. The molecule has 1 heterocycles. The molecule has 0 bridgehead atoms. The van der Waals surface area contributed by atoms with E-state index in [0.717, 1.165) is 17.1 Å². The fourth-order valence-electron chi connectivity index (χ4n) is 2.36. The molecule has 0 atom stereocenters. The molecule has 0 aliphatic rings. The van der Waals surface area contributed by atoms with Gasteiger partial charge in [0.1, 0.15) is 0 Å². The first-order valence-electron chi connectivity index (χ1n) is 8.10. The van der Waals surface area contributed by atoms with Crippen molar-refractivity contribution in [1.82, 2.24) is 15.2 Å². The van der Waals surface area contributed by atoms with Crippen LogP contribution < -0.4 is 15.5 Å². The standard InChI is InChI=1S/C19H22N6/c1-13-5-6-16(11-14(13)2)22-19-23-18(12-20-24-19)21-15-7-9-17(10-8-15)25(3)4/h5-12H,1-4H3,(H2,21,22,23,24). The summed E-state index contributed by atoms with van der Waals surface area (Å²) in [6, 6.07) is 14.3. The van der Waals surface area contributed by atoms with E-state index in [2.05, 4.69) is 56.7 Å². The van der Waals surface area contributed by atoms with Crippen LogP contribution in [0.1, 0.15) is 11.1 Å². The van der Waals surface area contributed by atoms with Crippen LogP contribution in [0.3, 0.4) is 0 Å². The highest BCUT2D eigenvalue weighted by molar-refractivity contribution is 5.62. The van der Waals surface area contributed by atoms with E-state index in [9.17, 15) is 0 Å². The Kier molecular flexibility index (Phi) is 4.79. The third kappa shape index (κ3) is 4.23. The molecule has 0 saturated carbocycles. The van der Waals surface area contributed by atoms with Crippen molar-refractivity contribution in [2.24, 2.45) is 0 Å². The Morgan fingerprint density at radius 1 is 0.840 bits per heavy atom. The van der Waals surface area contributed by atoms with Crippen LogP contribution in [0.2, 0.25) is 0 Å². The minimum absolute atomic E-state index is 0.457. The zero-order valence-electron chi connectivity index (χ0n) is 14.9. The van der Waals surface area contributed by atoms with Gasteiger partial charge in [0.2, 0.25) is 5.95 Å². The molecule has 6 nitrogen and oxygen atoms in total. The number of benzene rings is 2. The normalized spacial score (nSPS) is 10.4. The van der Waals surface area contributed by atoms with Gasteiger partial charge >= 0.3 is 0 Å². The Morgan fingerprint density at radius 2 is 1.56 bits per heavy atom. The molecule has 2 N–H and O–H groups in total. The van der Waals surface area contributed by atoms with Gasteiger partial charge in [-0.05, 0) is 61.4 Å². The summed E-state index contributed by atoms with van der Waals surface area (Å²) in [5.74, 6) is 1.09. The molecule has 3 aromatic rings. The van der Waals surface area contributed by atoms with Gasteiger partial charge in [-0.2, -0.15) is 10.1 Å². The molecule has 0 amide bonds. The highest BCUT2D eigenvalue weighted by atomic mass is 15.3. The number of hydrogen-bond donors (Lipinski definition) is 2. The quantitative estimate of drug-likeness (QED) is 0.734. The Labute approximate surface area is 147 Å². The summed E-state index contributed by atoms with van der Waals surface area (Å²) in [6.07, 6.45) is 1.60.